The van der Waals surface area contributed by atoms with Crippen LogP contribution < -0.4 is 10.6 Å². The summed E-state index contributed by atoms with van der Waals surface area (Å²) < 4.78 is 0. The molecule has 2 aromatic carbocycles. The van der Waals surface area contributed by atoms with Crippen molar-refractivity contribution in [3.8, 4) is 0 Å². The molecule has 2 unspecified atom stereocenters. The lowest BCUT2D eigenvalue weighted by Crippen LogP contribution is -2.29. The van der Waals surface area contributed by atoms with Gasteiger partial charge in [-0.05, 0) is 67.6 Å². The molecule has 0 aliphatic heterocycles. The van der Waals surface area contributed by atoms with E-state index >= 15 is 0 Å². The Hall–Kier alpha value is -2.33. The van der Waals surface area contributed by atoms with E-state index in [2.05, 4.69) is 10.6 Å². The predicted molar refractivity (Wildman–Crippen MR) is 104 cm³/mol. The lowest BCUT2D eigenvalue weighted by molar-refractivity contribution is -0.125. The topological polar surface area (TPSA) is 58.2 Å². The van der Waals surface area contributed by atoms with Gasteiger partial charge in [0.2, 0.25) is 11.8 Å². The summed E-state index contributed by atoms with van der Waals surface area (Å²) in [6, 6.07) is 13.4. The van der Waals surface area contributed by atoms with E-state index in [-0.39, 0.29) is 23.7 Å². The zero-order valence-corrected chi connectivity index (χ0v) is 15.8. The van der Waals surface area contributed by atoms with Crippen molar-refractivity contribution >= 4 is 29.1 Å². The van der Waals surface area contributed by atoms with Crippen LogP contribution in [0.4, 0.5) is 5.69 Å². The highest BCUT2D eigenvalue weighted by Crippen LogP contribution is 2.39. The molecular weight excluding hydrogens is 348 g/mol. The molecule has 0 heterocycles. The zero-order valence-electron chi connectivity index (χ0n) is 15.0. The minimum absolute atomic E-state index is 0.0424. The van der Waals surface area contributed by atoms with E-state index in [1.807, 2.05) is 56.3 Å². The minimum atomic E-state index is -0.229. The fourth-order valence-electron chi connectivity index (χ4n) is 2.94. The number of benzene rings is 2. The van der Waals surface area contributed by atoms with Gasteiger partial charge < -0.3 is 10.6 Å². The largest absolute Gasteiger partial charge is 0.356 e. The number of nitrogens with one attached hydrogen (secondary N) is 2. The number of amides is 2. The molecule has 1 aliphatic carbocycles. The van der Waals surface area contributed by atoms with E-state index in [0.717, 1.165) is 23.2 Å². The number of rotatable bonds is 6. The van der Waals surface area contributed by atoms with E-state index in [4.69, 9.17) is 11.6 Å². The highest BCUT2D eigenvalue weighted by molar-refractivity contribution is 6.30. The van der Waals surface area contributed by atoms with E-state index in [1.54, 1.807) is 0 Å². The van der Waals surface area contributed by atoms with Gasteiger partial charge in [0.1, 0.15) is 0 Å². The summed E-state index contributed by atoms with van der Waals surface area (Å²) in [4.78, 5) is 24.5. The van der Waals surface area contributed by atoms with Gasteiger partial charge in [0.05, 0.1) is 11.8 Å². The maximum Gasteiger partial charge on any atom is 0.228 e. The van der Waals surface area contributed by atoms with Crippen molar-refractivity contribution in [1.82, 2.24) is 5.32 Å². The molecule has 5 heteroatoms. The number of carbonyl (C=O) groups excluding carboxylic acids is 2. The number of carbonyl (C=O) groups is 2. The molecule has 1 saturated carbocycles. The molecule has 4 nitrogen and oxygen atoms in total. The van der Waals surface area contributed by atoms with Crippen LogP contribution in [0.15, 0.2) is 42.5 Å². The Morgan fingerprint density at radius 1 is 1.00 bits per heavy atom. The summed E-state index contributed by atoms with van der Waals surface area (Å²) >= 11 is 5.86. The third-order valence-corrected chi connectivity index (χ3v) is 5.12. The molecule has 2 N–H and O–H groups in total. The number of halogens is 1. The second-order valence-electron chi connectivity index (χ2n) is 6.90. The Labute approximate surface area is 158 Å². The van der Waals surface area contributed by atoms with Crippen LogP contribution >= 0.6 is 11.6 Å². The zero-order chi connectivity index (χ0) is 18.7. The van der Waals surface area contributed by atoms with Crippen LogP contribution in [0.5, 0.6) is 0 Å². The van der Waals surface area contributed by atoms with Crippen molar-refractivity contribution < 1.29 is 9.59 Å². The molecule has 1 fully saturated rings. The van der Waals surface area contributed by atoms with Crippen molar-refractivity contribution in [1.29, 1.82) is 0 Å². The quantitative estimate of drug-likeness (QED) is 0.810. The number of anilines is 1. The number of hydrogen-bond donors (Lipinski definition) is 2. The maximum absolute atomic E-state index is 12.3. The molecule has 0 saturated heterocycles. The third kappa shape index (κ3) is 4.64. The summed E-state index contributed by atoms with van der Waals surface area (Å²) in [5.41, 5.74) is 4.23. The van der Waals surface area contributed by atoms with Crippen LogP contribution in [0.3, 0.4) is 0 Å². The van der Waals surface area contributed by atoms with Gasteiger partial charge in [-0.1, -0.05) is 29.8 Å². The van der Waals surface area contributed by atoms with Crippen molar-refractivity contribution in [2.45, 2.75) is 26.7 Å². The maximum atomic E-state index is 12.3. The van der Waals surface area contributed by atoms with Gasteiger partial charge in [0, 0.05) is 17.3 Å². The van der Waals surface area contributed by atoms with Crippen LogP contribution in [0.25, 0.3) is 0 Å². The summed E-state index contributed by atoms with van der Waals surface area (Å²) in [5.74, 6) is -0.566. The monoisotopic (exact) mass is 370 g/mol. The molecule has 2 atom stereocenters. The van der Waals surface area contributed by atoms with Gasteiger partial charge in [-0.25, -0.2) is 0 Å². The lowest BCUT2D eigenvalue weighted by atomic mass is 10.1. The van der Waals surface area contributed by atoms with E-state index in [9.17, 15) is 9.59 Å². The second-order valence-corrected chi connectivity index (χ2v) is 7.34. The van der Waals surface area contributed by atoms with Gasteiger partial charge in [0.25, 0.3) is 0 Å². The standard InChI is InChI=1S/C21H23ClN2O2/c1-13-3-8-17(11-14(13)2)24-21(26)19-12-18(19)20(25)23-10-9-15-4-6-16(22)7-5-15/h3-8,11,18-19H,9-10,12H2,1-2H3,(H,23,25)(H,24,26). The van der Waals surface area contributed by atoms with E-state index < -0.39 is 0 Å². The molecule has 0 bridgehead atoms. The molecule has 0 radical (unpaired) electrons. The summed E-state index contributed by atoms with van der Waals surface area (Å²) in [6.07, 6.45) is 1.36. The average molecular weight is 371 g/mol. The summed E-state index contributed by atoms with van der Waals surface area (Å²) in [5, 5.41) is 6.54. The molecule has 0 aromatic heterocycles. The first-order valence-corrected chi connectivity index (χ1v) is 9.22. The molecule has 0 spiro atoms. The molecular formula is C21H23ClN2O2. The molecule has 1 aliphatic rings. The molecule has 2 aromatic rings. The van der Waals surface area contributed by atoms with E-state index in [0.29, 0.717) is 18.0 Å². The fourth-order valence-corrected chi connectivity index (χ4v) is 3.07. The first-order chi connectivity index (χ1) is 12.4. The number of hydrogen-bond acceptors (Lipinski definition) is 2. The van der Waals surface area contributed by atoms with Crippen LogP contribution in [-0.4, -0.2) is 18.4 Å². The van der Waals surface area contributed by atoms with Crippen LogP contribution in [0, 0.1) is 25.7 Å². The number of aryl methyl sites for hydroxylation is 2. The van der Waals surface area contributed by atoms with E-state index in [1.165, 1.54) is 5.56 Å². The minimum Gasteiger partial charge on any atom is -0.356 e. The van der Waals surface area contributed by atoms with Gasteiger partial charge in [-0.3, -0.25) is 9.59 Å². The normalized spacial score (nSPS) is 18.3. The van der Waals surface area contributed by atoms with Crippen molar-refractivity contribution in [2.75, 3.05) is 11.9 Å². The molecule has 3 rings (SSSR count). The van der Waals surface area contributed by atoms with Crippen LogP contribution in [-0.2, 0) is 16.0 Å². The van der Waals surface area contributed by atoms with Crippen molar-refractivity contribution in [3.63, 3.8) is 0 Å². The highest BCUT2D eigenvalue weighted by Gasteiger charge is 2.47. The molecule has 2 amide bonds. The lowest BCUT2D eigenvalue weighted by Gasteiger charge is -2.08. The van der Waals surface area contributed by atoms with Gasteiger partial charge in [-0.2, -0.15) is 0 Å². The third-order valence-electron chi connectivity index (χ3n) is 4.86. The van der Waals surface area contributed by atoms with Gasteiger partial charge in [-0.15, -0.1) is 0 Å². The summed E-state index contributed by atoms with van der Waals surface area (Å²) in [6.45, 7) is 4.60. The smallest absolute Gasteiger partial charge is 0.228 e. The average Bonchev–Trinajstić information content (AvgIpc) is 3.41. The first kappa shape index (κ1) is 18.5. The SMILES string of the molecule is Cc1ccc(NC(=O)C2CC2C(=O)NCCc2ccc(Cl)cc2)cc1C. The fraction of sp³-hybridized carbons (Fsp3) is 0.333. The first-order valence-electron chi connectivity index (χ1n) is 8.84. The molecule has 136 valence electrons. The Morgan fingerprint density at radius 3 is 2.38 bits per heavy atom. The van der Waals surface area contributed by atoms with Crippen LogP contribution in [0.2, 0.25) is 5.02 Å². The van der Waals surface area contributed by atoms with Crippen molar-refractivity contribution in [3.05, 3.63) is 64.2 Å². The second kappa shape index (κ2) is 7.92. The van der Waals surface area contributed by atoms with Crippen LogP contribution in [0.1, 0.15) is 23.1 Å². The summed E-state index contributed by atoms with van der Waals surface area (Å²) in [7, 11) is 0. The van der Waals surface area contributed by atoms with Crippen molar-refractivity contribution in [2.24, 2.45) is 11.8 Å². The Balaban J connectivity index is 1.43. The van der Waals surface area contributed by atoms with Gasteiger partial charge >= 0.3 is 0 Å². The van der Waals surface area contributed by atoms with Gasteiger partial charge in [0.15, 0.2) is 0 Å². The highest BCUT2D eigenvalue weighted by atomic mass is 35.5. The Morgan fingerprint density at radius 2 is 1.69 bits per heavy atom. The molecule has 26 heavy (non-hydrogen) atoms. The Bertz CT molecular complexity index is 817. The predicted octanol–water partition coefficient (Wildman–Crippen LogP) is 3.89. The Kier molecular flexibility index (Phi) is 5.62.